The van der Waals surface area contributed by atoms with Crippen molar-refractivity contribution in [1.29, 1.82) is 0 Å². The first-order chi connectivity index (χ1) is 16.1. The standard InChI is InChI=1S/C25H27N5O3/c1-17-13-23(29-25(26-17)30-11-3-2-4-12-30)27-19-6-8-20(9-7-19)28-24(31)15-18-5-10-21-22(14-18)33-16-32-21/h5-10,13-14H,2-4,11-12,15-16H2,1H3,(H,28,31)(H,26,27,29). The molecule has 0 atom stereocenters. The number of carbonyl (C=O) groups is 1. The summed E-state index contributed by atoms with van der Waals surface area (Å²) in [5.74, 6) is 2.85. The number of nitrogens with zero attached hydrogens (tertiary/aromatic N) is 3. The Balaban J connectivity index is 1.20. The quantitative estimate of drug-likeness (QED) is 0.580. The van der Waals surface area contributed by atoms with E-state index < -0.39 is 0 Å². The number of hydrogen-bond donors (Lipinski definition) is 2. The van der Waals surface area contributed by atoms with Crippen molar-refractivity contribution in [2.75, 3.05) is 35.4 Å². The van der Waals surface area contributed by atoms with E-state index in [1.54, 1.807) is 0 Å². The second-order valence-corrected chi connectivity index (χ2v) is 8.36. The molecular formula is C25H27N5O3. The third kappa shape index (κ3) is 5.16. The summed E-state index contributed by atoms with van der Waals surface area (Å²) in [6.45, 7) is 4.21. The Hall–Kier alpha value is -3.81. The van der Waals surface area contributed by atoms with Crippen molar-refractivity contribution in [3.8, 4) is 11.5 Å². The lowest BCUT2D eigenvalue weighted by atomic mass is 10.1. The van der Waals surface area contributed by atoms with Crippen molar-refractivity contribution < 1.29 is 14.3 Å². The third-order valence-electron chi connectivity index (χ3n) is 5.72. The van der Waals surface area contributed by atoms with Crippen molar-refractivity contribution >= 4 is 29.0 Å². The highest BCUT2D eigenvalue weighted by Gasteiger charge is 2.16. The average molecular weight is 446 g/mol. The zero-order chi connectivity index (χ0) is 22.6. The molecular weight excluding hydrogens is 418 g/mol. The van der Waals surface area contributed by atoms with Crippen molar-refractivity contribution in [3.05, 3.63) is 59.8 Å². The third-order valence-corrected chi connectivity index (χ3v) is 5.72. The van der Waals surface area contributed by atoms with Gasteiger partial charge in [0.25, 0.3) is 0 Å². The summed E-state index contributed by atoms with van der Waals surface area (Å²) >= 11 is 0. The number of piperidine rings is 1. The minimum atomic E-state index is -0.0906. The number of amides is 1. The molecule has 2 aliphatic heterocycles. The molecule has 1 fully saturated rings. The van der Waals surface area contributed by atoms with Crippen LogP contribution in [-0.4, -0.2) is 35.8 Å². The summed E-state index contributed by atoms with van der Waals surface area (Å²) in [7, 11) is 0. The van der Waals surface area contributed by atoms with E-state index in [0.717, 1.165) is 47.5 Å². The predicted octanol–water partition coefficient (Wildman–Crippen LogP) is 4.43. The van der Waals surface area contributed by atoms with E-state index in [4.69, 9.17) is 14.5 Å². The highest BCUT2D eigenvalue weighted by molar-refractivity contribution is 5.92. The van der Waals surface area contributed by atoms with Crippen molar-refractivity contribution in [1.82, 2.24) is 9.97 Å². The van der Waals surface area contributed by atoms with Crippen LogP contribution in [0.1, 0.15) is 30.5 Å². The molecule has 170 valence electrons. The molecule has 0 radical (unpaired) electrons. The Bertz CT molecular complexity index is 1140. The van der Waals surface area contributed by atoms with Crippen LogP contribution in [0.4, 0.5) is 23.1 Å². The van der Waals surface area contributed by atoms with Gasteiger partial charge in [-0.05, 0) is 68.1 Å². The van der Waals surface area contributed by atoms with Gasteiger partial charge in [-0.1, -0.05) is 6.07 Å². The van der Waals surface area contributed by atoms with Gasteiger partial charge in [0.05, 0.1) is 6.42 Å². The van der Waals surface area contributed by atoms with Gasteiger partial charge in [0.15, 0.2) is 11.5 Å². The summed E-state index contributed by atoms with van der Waals surface area (Å²) in [5.41, 5.74) is 3.43. The van der Waals surface area contributed by atoms with Gasteiger partial charge in [0.1, 0.15) is 5.82 Å². The average Bonchev–Trinajstić information content (AvgIpc) is 3.28. The molecule has 3 heterocycles. The topological polar surface area (TPSA) is 88.6 Å². The molecule has 2 aromatic carbocycles. The van der Waals surface area contributed by atoms with Crippen LogP contribution in [0.15, 0.2) is 48.5 Å². The van der Waals surface area contributed by atoms with Crippen LogP contribution in [0.5, 0.6) is 11.5 Å². The Morgan fingerprint density at radius 2 is 1.70 bits per heavy atom. The summed E-state index contributed by atoms with van der Waals surface area (Å²) in [6, 6.07) is 15.1. The molecule has 0 unspecified atom stereocenters. The minimum Gasteiger partial charge on any atom is -0.454 e. The van der Waals surface area contributed by atoms with E-state index in [1.807, 2.05) is 55.5 Å². The Labute approximate surface area is 193 Å². The number of fused-ring (bicyclic) bond motifs is 1. The maximum Gasteiger partial charge on any atom is 0.231 e. The molecule has 33 heavy (non-hydrogen) atoms. The molecule has 0 spiro atoms. The SMILES string of the molecule is Cc1cc(Nc2ccc(NC(=O)Cc3ccc4c(c3)OCO4)cc2)nc(N2CCCCC2)n1. The van der Waals surface area contributed by atoms with Crippen molar-refractivity contribution in [2.24, 2.45) is 0 Å². The molecule has 2 N–H and O–H groups in total. The monoisotopic (exact) mass is 445 g/mol. The molecule has 5 rings (SSSR count). The predicted molar refractivity (Wildman–Crippen MR) is 127 cm³/mol. The molecule has 0 aliphatic carbocycles. The van der Waals surface area contributed by atoms with Crippen LogP contribution in [0.3, 0.4) is 0 Å². The molecule has 0 saturated carbocycles. The van der Waals surface area contributed by atoms with Gasteiger partial charge >= 0.3 is 0 Å². The fourth-order valence-corrected chi connectivity index (χ4v) is 4.08. The van der Waals surface area contributed by atoms with Crippen LogP contribution in [0.25, 0.3) is 0 Å². The fraction of sp³-hybridized carbons (Fsp3) is 0.320. The van der Waals surface area contributed by atoms with Crippen molar-refractivity contribution in [2.45, 2.75) is 32.6 Å². The molecule has 8 nitrogen and oxygen atoms in total. The van der Waals surface area contributed by atoms with Gasteiger partial charge in [-0.25, -0.2) is 4.98 Å². The largest absolute Gasteiger partial charge is 0.454 e. The number of aromatic nitrogens is 2. The maximum atomic E-state index is 12.5. The Kier molecular flexibility index (Phi) is 5.97. The summed E-state index contributed by atoms with van der Waals surface area (Å²) in [4.78, 5) is 24.0. The second kappa shape index (κ2) is 9.36. The number of nitrogens with one attached hydrogen (secondary N) is 2. The molecule has 3 aromatic rings. The molecule has 1 amide bonds. The number of aryl methyl sites for hydroxylation is 1. The van der Waals surface area contributed by atoms with E-state index >= 15 is 0 Å². The first kappa shape index (κ1) is 21.1. The Morgan fingerprint density at radius 3 is 2.52 bits per heavy atom. The van der Waals surface area contributed by atoms with E-state index in [1.165, 1.54) is 19.3 Å². The number of carbonyl (C=O) groups excluding carboxylic acids is 1. The smallest absolute Gasteiger partial charge is 0.231 e. The number of ether oxygens (including phenoxy) is 2. The molecule has 1 aromatic heterocycles. The fourth-order valence-electron chi connectivity index (χ4n) is 4.08. The molecule has 0 bridgehead atoms. The second-order valence-electron chi connectivity index (χ2n) is 8.36. The van der Waals surface area contributed by atoms with Crippen LogP contribution in [0.2, 0.25) is 0 Å². The number of hydrogen-bond acceptors (Lipinski definition) is 7. The van der Waals surface area contributed by atoms with Crippen LogP contribution < -0.4 is 25.0 Å². The molecule has 8 heteroatoms. The van der Waals surface area contributed by atoms with Gasteiger partial charge in [0.2, 0.25) is 18.6 Å². The highest BCUT2D eigenvalue weighted by Crippen LogP contribution is 2.32. The van der Waals surface area contributed by atoms with Gasteiger partial charge in [-0.15, -0.1) is 0 Å². The number of benzene rings is 2. The lowest BCUT2D eigenvalue weighted by molar-refractivity contribution is -0.115. The van der Waals surface area contributed by atoms with E-state index in [9.17, 15) is 4.79 Å². The van der Waals surface area contributed by atoms with E-state index in [0.29, 0.717) is 11.5 Å². The minimum absolute atomic E-state index is 0.0906. The zero-order valence-corrected chi connectivity index (χ0v) is 18.6. The number of rotatable bonds is 6. The summed E-state index contributed by atoms with van der Waals surface area (Å²) in [5, 5.41) is 6.29. The lowest BCUT2D eigenvalue weighted by Gasteiger charge is -2.27. The van der Waals surface area contributed by atoms with Gasteiger partial charge < -0.3 is 25.0 Å². The first-order valence-electron chi connectivity index (χ1n) is 11.3. The number of anilines is 4. The van der Waals surface area contributed by atoms with Gasteiger partial charge in [0, 0.05) is 36.2 Å². The zero-order valence-electron chi connectivity index (χ0n) is 18.6. The van der Waals surface area contributed by atoms with Gasteiger partial charge in [-0.2, -0.15) is 4.98 Å². The molecule has 2 aliphatic rings. The molecule has 1 saturated heterocycles. The van der Waals surface area contributed by atoms with Crippen LogP contribution in [-0.2, 0) is 11.2 Å². The maximum absolute atomic E-state index is 12.5. The first-order valence-corrected chi connectivity index (χ1v) is 11.3. The van der Waals surface area contributed by atoms with Crippen molar-refractivity contribution in [3.63, 3.8) is 0 Å². The van der Waals surface area contributed by atoms with E-state index in [-0.39, 0.29) is 19.1 Å². The summed E-state index contributed by atoms with van der Waals surface area (Å²) in [6.07, 6.45) is 3.90. The summed E-state index contributed by atoms with van der Waals surface area (Å²) < 4.78 is 10.7. The van der Waals surface area contributed by atoms with E-state index in [2.05, 4.69) is 20.5 Å². The van der Waals surface area contributed by atoms with Crippen LogP contribution in [0, 0.1) is 6.92 Å². The highest BCUT2D eigenvalue weighted by atomic mass is 16.7. The van der Waals surface area contributed by atoms with Crippen LogP contribution >= 0.6 is 0 Å². The normalized spacial score (nSPS) is 14.8. The van der Waals surface area contributed by atoms with Gasteiger partial charge in [-0.3, -0.25) is 4.79 Å². The Morgan fingerprint density at radius 1 is 0.939 bits per heavy atom. The lowest BCUT2D eigenvalue weighted by Crippen LogP contribution is -2.31.